The quantitative estimate of drug-likeness (QED) is 0.673. The first-order valence-corrected chi connectivity index (χ1v) is 10.0. The van der Waals surface area contributed by atoms with E-state index in [1.807, 2.05) is 0 Å². The number of hydrogen-bond acceptors (Lipinski definition) is 6. The summed E-state index contributed by atoms with van der Waals surface area (Å²) in [7, 11) is 0. The Hall–Kier alpha value is -2.38. The molecule has 3 heterocycles. The highest BCUT2D eigenvalue weighted by atomic mass is 32.2. The minimum Gasteiger partial charge on any atom is -0.478 e. The Morgan fingerprint density at radius 1 is 1.26 bits per heavy atom. The maximum atomic E-state index is 11.1. The zero-order valence-corrected chi connectivity index (χ0v) is 15.6. The first-order chi connectivity index (χ1) is 13.2. The predicted molar refractivity (Wildman–Crippen MR) is 103 cm³/mol. The van der Waals surface area contributed by atoms with E-state index in [4.69, 9.17) is 5.11 Å². The van der Waals surface area contributed by atoms with Crippen molar-refractivity contribution in [2.75, 3.05) is 18.4 Å². The van der Waals surface area contributed by atoms with Crippen LogP contribution in [0.15, 0.2) is 52.2 Å². The van der Waals surface area contributed by atoms with Crippen LogP contribution < -0.4 is 5.32 Å². The summed E-state index contributed by atoms with van der Waals surface area (Å²) in [5.41, 5.74) is 3.49. The molecule has 0 radical (unpaired) electrons. The van der Waals surface area contributed by atoms with Crippen molar-refractivity contribution >= 4 is 29.2 Å². The van der Waals surface area contributed by atoms with Crippen LogP contribution in [0.2, 0.25) is 0 Å². The van der Waals surface area contributed by atoms with Gasteiger partial charge in [0.1, 0.15) is 5.03 Å². The molecular weight excluding hydrogens is 360 g/mol. The van der Waals surface area contributed by atoms with E-state index >= 15 is 0 Å². The molecule has 1 aromatic heterocycles. The molecule has 7 heteroatoms. The van der Waals surface area contributed by atoms with Crippen molar-refractivity contribution in [3.8, 4) is 0 Å². The number of nitrogens with one attached hydrogen (secondary N) is 1. The Morgan fingerprint density at radius 3 is 2.81 bits per heavy atom. The number of carboxylic acids is 1. The number of anilines is 2. The third kappa shape index (κ3) is 3.21. The second-order valence-electron chi connectivity index (χ2n) is 7.42. The van der Waals surface area contributed by atoms with Gasteiger partial charge in [-0.1, -0.05) is 23.4 Å². The largest absolute Gasteiger partial charge is 0.478 e. The number of carbonyl (C=O) groups is 1. The van der Waals surface area contributed by atoms with Crippen molar-refractivity contribution in [2.24, 2.45) is 11.8 Å². The molecule has 3 aliphatic rings. The van der Waals surface area contributed by atoms with Crippen molar-refractivity contribution in [3.63, 3.8) is 0 Å². The molecule has 2 unspecified atom stereocenters. The van der Waals surface area contributed by atoms with Gasteiger partial charge in [0, 0.05) is 43.0 Å². The fraction of sp³-hybridized carbons (Fsp3) is 0.350. The highest BCUT2D eigenvalue weighted by Gasteiger charge is 2.37. The minimum absolute atomic E-state index is 0.397. The SMILES string of the molecule is O=C(O)C=C1C2CCC1CN(Cc1ccc3c(c1)Nc1nccnc1S3)C2. The van der Waals surface area contributed by atoms with Gasteiger partial charge < -0.3 is 10.4 Å². The number of likely N-dealkylation sites (tertiary alicyclic amines) is 1. The average Bonchev–Trinajstić information content (AvgIpc) is 2.88. The Kier molecular flexibility index (Phi) is 4.13. The van der Waals surface area contributed by atoms with Crippen LogP contribution in [0, 0.1) is 11.8 Å². The maximum absolute atomic E-state index is 11.1. The van der Waals surface area contributed by atoms with E-state index in [9.17, 15) is 4.79 Å². The number of hydrogen-bond donors (Lipinski definition) is 2. The van der Waals surface area contributed by atoms with E-state index in [1.54, 1.807) is 24.2 Å². The van der Waals surface area contributed by atoms with Crippen molar-refractivity contribution in [2.45, 2.75) is 29.3 Å². The van der Waals surface area contributed by atoms with Crippen LogP contribution >= 0.6 is 11.8 Å². The molecule has 1 saturated heterocycles. The Labute approximate surface area is 161 Å². The van der Waals surface area contributed by atoms with E-state index in [2.05, 4.69) is 38.4 Å². The summed E-state index contributed by atoms with van der Waals surface area (Å²) < 4.78 is 0. The van der Waals surface area contributed by atoms with Gasteiger partial charge in [-0.3, -0.25) is 4.90 Å². The lowest BCUT2D eigenvalue weighted by molar-refractivity contribution is -0.131. The molecule has 1 saturated carbocycles. The summed E-state index contributed by atoms with van der Waals surface area (Å²) in [6.45, 7) is 2.78. The lowest BCUT2D eigenvalue weighted by Gasteiger charge is -2.34. The molecule has 27 heavy (non-hydrogen) atoms. The molecule has 5 rings (SSSR count). The van der Waals surface area contributed by atoms with Crippen LogP contribution in [0.5, 0.6) is 0 Å². The fourth-order valence-corrected chi connectivity index (χ4v) is 5.38. The molecule has 0 amide bonds. The number of carboxylic acid groups (broad SMARTS) is 1. The van der Waals surface area contributed by atoms with Crippen LogP contribution in [0.25, 0.3) is 0 Å². The van der Waals surface area contributed by atoms with Gasteiger partial charge in [-0.25, -0.2) is 14.8 Å². The summed E-state index contributed by atoms with van der Waals surface area (Å²) in [6, 6.07) is 6.53. The number of fused-ring (bicyclic) bond motifs is 4. The third-order valence-electron chi connectivity index (χ3n) is 5.63. The number of piperidine rings is 1. The van der Waals surface area contributed by atoms with Gasteiger partial charge in [-0.15, -0.1) is 0 Å². The Morgan fingerprint density at radius 2 is 2.04 bits per heavy atom. The van der Waals surface area contributed by atoms with Gasteiger partial charge in [0.05, 0.1) is 5.69 Å². The molecule has 2 bridgehead atoms. The Bertz CT molecular complexity index is 929. The monoisotopic (exact) mass is 380 g/mol. The smallest absolute Gasteiger partial charge is 0.328 e. The molecule has 2 fully saturated rings. The van der Waals surface area contributed by atoms with Gasteiger partial charge in [0.15, 0.2) is 5.82 Å². The number of rotatable bonds is 3. The molecule has 2 atom stereocenters. The summed E-state index contributed by atoms with van der Waals surface area (Å²) >= 11 is 1.64. The van der Waals surface area contributed by atoms with Crippen molar-refractivity contribution in [1.29, 1.82) is 0 Å². The van der Waals surface area contributed by atoms with Crippen LogP contribution in [-0.2, 0) is 11.3 Å². The molecule has 0 spiro atoms. The van der Waals surface area contributed by atoms with Crippen molar-refractivity contribution in [3.05, 3.63) is 47.8 Å². The predicted octanol–water partition coefficient (Wildman–Crippen LogP) is 3.54. The number of nitrogens with zero attached hydrogens (tertiary/aromatic N) is 3. The maximum Gasteiger partial charge on any atom is 0.328 e. The zero-order valence-electron chi connectivity index (χ0n) is 14.8. The van der Waals surface area contributed by atoms with Crippen LogP contribution in [0.4, 0.5) is 11.5 Å². The lowest BCUT2D eigenvalue weighted by atomic mass is 9.91. The average molecular weight is 380 g/mol. The summed E-state index contributed by atoms with van der Waals surface area (Å²) in [5, 5.41) is 13.4. The highest BCUT2D eigenvalue weighted by molar-refractivity contribution is 7.99. The van der Waals surface area contributed by atoms with Crippen LogP contribution in [0.1, 0.15) is 18.4 Å². The molecule has 2 aromatic rings. The number of benzene rings is 1. The molecular formula is C20H20N4O2S. The summed E-state index contributed by atoms with van der Waals surface area (Å²) in [6.07, 6.45) is 7.09. The third-order valence-corrected chi connectivity index (χ3v) is 6.70. The molecule has 1 aromatic carbocycles. The van der Waals surface area contributed by atoms with E-state index in [0.717, 1.165) is 59.5 Å². The van der Waals surface area contributed by atoms with E-state index in [1.165, 1.54) is 11.6 Å². The second kappa shape index (κ2) is 6.65. The van der Waals surface area contributed by atoms with Crippen LogP contribution in [0.3, 0.4) is 0 Å². The van der Waals surface area contributed by atoms with Crippen molar-refractivity contribution in [1.82, 2.24) is 14.9 Å². The van der Waals surface area contributed by atoms with E-state index in [-0.39, 0.29) is 0 Å². The highest BCUT2D eigenvalue weighted by Crippen LogP contribution is 2.43. The van der Waals surface area contributed by atoms with Gasteiger partial charge in [-0.2, -0.15) is 0 Å². The van der Waals surface area contributed by atoms with E-state index < -0.39 is 5.97 Å². The molecule has 138 valence electrons. The van der Waals surface area contributed by atoms with Gasteiger partial charge >= 0.3 is 5.97 Å². The summed E-state index contributed by atoms with van der Waals surface area (Å²) in [5.74, 6) is 0.797. The molecule has 2 aliphatic heterocycles. The van der Waals surface area contributed by atoms with Gasteiger partial charge in [-0.05, 0) is 42.4 Å². The lowest BCUT2D eigenvalue weighted by Crippen LogP contribution is -2.37. The standard InChI is InChI=1S/C20H20N4O2S/c25-18(26)8-15-13-2-3-14(15)11-24(10-13)9-12-1-4-17-16(7-12)23-19-20(27-17)22-6-5-21-19/h1,4-8,13-14H,2-3,9-11H2,(H,21,23)(H,25,26). The molecule has 1 aliphatic carbocycles. The zero-order chi connectivity index (χ0) is 18.4. The topological polar surface area (TPSA) is 78.4 Å². The second-order valence-corrected chi connectivity index (χ2v) is 8.45. The normalized spacial score (nSPS) is 23.3. The number of aromatic nitrogens is 2. The summed E-state index contributed by atoms with van der Waals surface area (Å²) in [4.78, 5) is 23.4. The molecule has 6 nitrogen and oxygen atoms in total. The molecule has 2 N–H and O–H groups in total. The first-order valence-electron chi connectivity index (χ1n) is 9.21. The van der Waals surface area contributed by atoms with Crippen LogP contribution in [-0.4, -0.2) is 39.0 Å². The van der Waals surface area contributed by atoms with Crippen molar-refractivity contribution < 1.29 is 9.90 Å². The van der Waals surface area contributed by atoms with E-state index in [0.29, 0.717) is 11.8 Å². The minimum atomic E-state index is -0.808. The van der Waals surface area contributed by atoms with Gasteiger partial charge in [0.2, 0.25) is 0 Å². The first kappa shape index (κ1) is 16.8. The fourth-order valence-electron chi connectivity index (χ4n) is 4.51. The van der Waals surface area contributed by atoms with Gasteiger partial charge in [0.25, 0.3) is 0 Å². The number of aliphatic carboxylic acids is 1. The Balaban J connectivity index is 1.31.